The zero-order valence-electron chi connectivity index (χ0n) is 23.0. The first-order chi connectivity index (χ1) is 20.2. The van der Waals surface area contributed by atoms with Crippen LogP contribution in [0.1, 0.15) is 30.0 Å². The van der Waals surface area contributed by atoms with Gasteiger partial charge in [0.15, 0.2) is 0 Å². The van der Waals surface area contributed by atoms with Crippen LogP contribution in [-0.2, 0) is 6.54 Å². The molecule has 7 rings (SSSR count). The van der Waals surface area contributed by atoms with Gasteiger partial charge in [-0.3, -0.25) is 14.7 Å². The molecule has 41 heavy (non-hydrogen) atoms. The Morgan fingerprint density at radius 2 is 1.68 bits per heavy atom. The molecule has 1 N–H and O–H groups in total. The topological polar surface area (TPSA) is 65.1 Å². The van der Waals surface area contributed by atoms with Crippen molar-refractivity contribution in [2.24, 2.45) is 0 Å². The summed E-state index contributed by atoms with van der Waals surface area (Å²) in [6, 6.07) is 29.6. The molecule has 6 heteroatoms. The van der Waals surface area contributed by atoms with Crippen molar-refractivity contribution < 1.29 is 0 Å². The molecule has 1 saturated heterocycles. The van der Waals surface area contributed by atoms with Crippen molar-refractivity contribution in [2.75, 3.05) is 19.6 Å². The van der Waals surface area contributed by atoms with Crippen LogP contribution >= 0.6 is 0 Å². The van der Waals surface area contributed by atoms with Gasteiger partial charge in [-0.25, -0.2) is 4.98 Å². The summed E-state index contributed by atoms with van der Waals surface area (Å²) in [4.78, 5) is 29.9. The summed E-state index contributed by atoms with van der Waals surface area (Å²) in [7, 11) is 0. The van der Waals surface area contributed by atoms with Gasteiger partial charge in [0.2, 0.25) is 0 Å². The average molecular weight is 540 g/mol. The fourth-order valence-corrected chi connectivity index (χ4v) is 6.23. The molecule has 2 aliphatic rings. The first-order valence-corrected chi connectivity index (χ1v) is 14.5. The second-order valence-electron chi connectivity index (χ2n) is 11.1. The van der Waals surface area contributed by atoms with Crippen LogP contribution in [0.15, 0.2) is 114 Å². The molecule has 2 aromatic carbocycles. The molecule has 0 radical (unpaired) electrons. The van der Waals surface area contributed by atoms with Gasteiger partial charge < -0.3 is 9.88 Å². The number of nitrogens with one attached hydrogen (secondary N) is 1. The Labute approximate surface area is 240 Å². The highest BCUT2D eigenvalue weighted by molar-refractivity contribution is 5.91. The molecular weight excluding hydrogens is 506 g/mol. The molecule has 1 fully saturated rings. The van der Waals surface area contributed by atoms with Crippen molar-refractivity contribution in [3.05, 3.63) is 131 Å². The molecule has 0 amide bonds. The summed E-state index contributed by atoms with van der Waals surface area (Å²) in [6.07, 6.45) is 10.5. The van der Waals surface area contributed by atoms with Gasteiger partial charge in [0.1, 0.15) is 0 Å². The highest BCUT2D eigenvalue weighted by Gasteiger charge is 2.28. The highest BCUT2D eigenvalue weighted by atomic mass is 16.1. The van der Waals surface area contributed by atoms with E-state index in [1.165, 1.54) is 18.4 Å². The molecule has 3 aromatic heterocycles. The van der Waals surface area contributed by atoms with Crippen molar-refractivity contribution >= 4 is 10.9 Å². The molecular formula is C35H33N5O. The average Bonchev–Trinajstić information content (AvgIpc) is 3.53. The van der Waals surface area contributed by atoms with Gasteiger partial charge in [-0.15, -0.1) is 0 Å². The lowest BCUT2D eigenvalue weighted by molar-refractivity contribution is 0.140. The number of H-pyrrole nitrogens is 1. The lowest BCUT2D eigenvalue weighted by Gasteiger charge is -2.37. The van der Waals surface area contributed by atoms with Gasteiger partial charge in [-0.1, -0.05) is 66.7 Å². The Hall–Kier alpha value is -4.55. The quantitative estimate of drug-likeness (QED) is 0.277. The smallest absolute Gasteiger partial charge is 0.257 e. The molecule has 5 heterocycles. The number of nitrogens with zero attached hydrogens (tertiary/aromatic N) is 4. The fraction of sp³-hybridized carbons (Fsp3) is 0.229. The van der Waals surface area contributed by atoms with Crippen molar-refractivity contribution in [3.63, 3.8) is 0 Å². The van der Waals surface area contributed by atoms with E-state index in [2.05, 4.69) is 80.6 Å². The normalized spacial score (nSPS) is 17.9. The number of hydrogen-bond donors (Lipinski definition) is 1. The second-order valence-corrected chi connectivity index (χ2v) is 11.1. The van der Waals surface area contributed by atoms with Crippen molar-refractivity contribution in [2.45, 2.75) is 31.3 Å². The number of pyridine rings is 3. The Morgan fingerprint density at radius 3 is 2.46 bits per heavy atom. The van der Waals surface area contributed by atoms with E-state index in [-0.39, 0.29) is 5.56 Å². The Balaban J connectivity index is 1.03. The lowest BCUT2D eigenvalue weighted by atomic mass is 9.97. The van der Waals surface area contributed by atoms with Crippen molar-refractivity contribution in [1.82, 2.24) is 24.8 Å². The number of rotatable bonds is 6. The molecule has 0 aliphatic carbocycles. The SMILES string of the molecule is O=c1[nH]ccc2nc(-c3ccc(CN4CCC(N5C=CC(c6ccccn6)C5)CC4)cc3)c(-c3ccccc3)cc12. The number of fused-ring (bicyclic) bond motifs is 1. The van der Waals surface area contributed by atoms with Gasteiger partial charge in [-0.2, -0.15) is 0 Å². The monoisotopic (exact) mass is 539 g/mol. The van der Waals surface area contributed by atoms with Gasteiger partial charge in [0.25, 0.3) is 5.56 Å². The zero-order valence-corrected chi connectivity index (χ0v) is 23.0. The number of piperidine rings is 1. The number of benzene rings is 2. The summed E-state index contributed by atoms with van der Waals surface area (Å²) < 4.78 is 0. The summed E-state index contributed by atoms with van der Waals surface area (Å²) in [5.41, 5.74) is 7.01. The van der Waals surface area contributed by atoms with E-state index in [1.807, 2.05) is 42.6 Å². The van der Waals surface area contributed by atoms with E-state index in [0.29, 0.717) is 22.9 Å². The van der Waals surface area contributed by atoms with E-state index < -0.39 is 0 Å². The fourth-order valence-electron chi connectivity index (χ4n) is 6.23. The Kier molecular flexibility index (Phi) is 6.91. The molecule has 5 aromatic rings. The predicted octanol–water partition coefficient (Wildman–Crippen LogP) is 6.23. The van der Waals surface area contributed by atoms with Crippen LogP contribution in [0.3, 0.4) is 0 Å². The third kappa shape index (κ3) is 5.31. The van der Waals surface area contributed by atoms with Crippen molar-refractivity contribution in [3.8, 4) is 22.4 Å². The van der Waals surface area contributed by atoms with E-state index in [4.69, 9.17) is 4.98 Å². The minimum absolute atomic E-state index is 0.119. The van der Waals surface area contributed by atoms with Crippen LogP contribution < -0.4 is 5.56 Å². The number of aromatic nitrogens is 3. The Morgan fingerprint density at radius 1 is 0.878 bits per heavy atom. The number of likely N-dealkylation sites (tertiary alicyclic amines) is 1. The molecule has 2 aliphatic heterocycles. The summed E-state index contributed by atoms with van der Waals surface area (Å²) in [5, 5.41) is 0.604. The van der Waals surface area contributed by atoms with Crippen LogP contribution in [0.25, 0.3) is 33.3 Å². The van der Waals surface area contributed by atoms with Gasteiger partial charge in [-0.05, 0) is 54.4 Å². The summed E-state index contributed by atoms with van der Waals surface area (Å²) in [6.45, 7) is 4.19. The largest absolute Gasteiger partial charge is 0.374 e. The van der Waals surface area contributed by atoms with Crippen LogP contribution in [0.2, 0.25) is 0 Å². The Bertz CT molecular complexity index is 1720. The molecule has 6 nitrogen and oxygen atoms in total. The maximum Gasteiger partial charge on any atom is 0.257 e. The van der Waals surface area contributed by atoms with E-state index >= 15 is 0 Å². The van der Waals surface area contributed by atoms with Crippen LogP contribution in [0.4, 0.5) is 0 Å². The third-order valence-corrected chi connectivity index (χ3v) is 8.48. The van der Waals surface area contributed by atoms with E-state index in [1.54, 1.807) is 6.20 Å². The zero-order chi connectivity index (χ0) is 27.6. The molecule has 0 saturated carbocycles. The predicted molar refractivity (Wildman–Crippen MR) is 164 cm³/mol. The first kappa shape index (κ1) is 25.4. The second kappa shape index (κ2) is 11.1. The van der Waals surface area contributed by atoms with E-state index in [0.717, 1.165) is 54.3 Å². The first-order valence-electron chi connectivity index (χ1n) is 14.5. The summed E-state index contributed by atoms with van der Waals surface area (Å²) >= 11 is 0. The van der Waals surface area contributed by atoms with Gasteiger partial charge in [0, 0.05) is 67.4 Å². The van der Waals surface area contributed by atoms with Crippen LogP contribution in [0, 0.1) is 0 Å². The van der Waals surface area contributed by atoms with Crippen LogP contribution in [0.5, 0.6) is 0 Å². The molecule has 204 valence electrons. The lowest BCUT2D eigenvalue weighted by Crippen LogP contribution is -2.42. The number of aromatic amines is 1. The molecule has 0 spiro atoms. The molecule has 1 atom stereocenters. The maximum atomic E-state index is 12.5. The minimum Gasteiger partial charge on any atom is -0.374 e. The van der Waals surface area contributed by atoms with Crippen LogP contribution in [-0.4, -0.2) is 50.4 Å². The van der Waals surface area contributed by atoms with Crippen molar-refractivity contribution in [1.29, 1.82) is 0 Å². The highest BCUT2D eigenvalue weighted by Crippen LogP contribution is 2.33. The minimum atomic E-state index is -0.119. The summed E-state index contributed by atoms with van der Waals surface area (Å²) in [5.74, 6) is 0.396. The maximum absolute atomic E-state index is 12.5. The third-order valence-electron chi connectivity index (χ3n) is 8.48. The molecule has 1 unspecified atom stereocenters. The van der Waals surface area contributed by atoms with Gasteiger partial charge >= 0.3 is 0 Å². The van der Waals surface area contributed by atoms with E-state index in [9.17, 15) is 4.79 Å². The van der Waals surface area contributed by atoms with Gasteiger partial charge in [0.05, 0.1) is 16.6 Å². The standard InChI is InChI=1S/C35H33N5O/c41-35-31-22-30(26-6-2-1-3-7-26)34(38-33(31)13-18-37-35)27-11-9-25(10-12-27)23-39-19-15-29(16-20-39)40-21-14-28(24-40)32-8-4-5-17-36-32/h1-14,17-18,21-22,28-29H,15-16,19-20,23-24H2,(H,37,41). The molecule has 0 bridgehead atoms. The number of hydrogen-bond acceptors (Lipinski definition) is 5.